The average molecular weight is 356 g/mol. The number of benzene rings is 1. The molecule has 1 saturated heterocycles. The molecule has 1 N–H and O–H groups in total. The van der Waals surface area contributed by atoms with Crippen molar-refractivity contribution in [1.82, 2.24) is 14.9 Å². The molecule has 0 bridgehead atoms. The zero-order valence-electron chi connectivity index (χ0n) is 14.5. The minimum absolute atomic E-state index is 0.169. The van der Waals surface area contributed by atoms with Crippen molar-refractivity contribution >= 4 is 23.5 Å². The van der Waals surface area contributed by atoms with Gasteiger partial charge in [0.15, 0.2) is 0 Å². The Bertz CT molecular complexity index is 790. The van der Waals surface area contributed by atoms with Crippen molar-refractivity contribution in [2.24, 2.45) is 0 Å². The maximum Gasteiger partial charge on any atom is 0.340 e. The van der Waals surface area contributed by atoms with E-state index in [1.54, 1.807) is 42.2 Å². The van der Waals surface area contributed by atoms with Crippen LogP contribution < -0.4 is 5.32 Å². The Morgan fingerprint density at radius 2 is 2.00 bits per heavy atom. The van der Waals surface area contributed by atoms with Gasteiger partial charge in [0.1, 0.15) is 5.69 Å². The van der Waals surface area contributed by atoms with E-state index in [1.807, 2.05) is 0 Å². The van der Waals surface area contributed by atoms with Crippen LogP contribution in [-0.4, -0.2) is 59.7 Å². The first-order valence-electron chi connectivity index (χ1n) is 8.42. The van der Waals surface area contributed by atoms with Crippen LogP contribution >= 0.6 is 0 Å². The largest absolute Gasteiger partial charge is 0.462 e. The molecule has 3 rings (SSSR count). The number of aromatic nitrogens is 2. The Morgan fingerprint density at radius 3 is 2.77 bits per heavy atom. The molecule has 0 atom stereocenters. The molecule has 0 saturated carbocycles. The lowest BCUT2D eigenvalue weighted by Gasteiger charge is -2.26. The SMILES string of the molecule is CCOC(=O)c1ccccc1Nc1nccc(C(=O)N2CCOCC2)n1. The number of carbonyl (C=O) groups is 2. The molecule has 1 aromatic carbocycles. The van der Waals surface area contributed by atoms with Crippen molar-refractivity contribution in [2.45, 2.75) is 6.92 Å². The second-order valence-electron chi connectivity index (χ2n) is 5.56. The van der Waals surface area contributed by atoms with E-state index in [4.69, 9.17) is 9.47 Å². The lowest BCUT2D eigenvalue weighted by atomic mass is 10.2. The molecule has 1 aromatic heterocycles. The summed E-state index contributed by atoms with van der Waals surface area (Å²) in [5.74, 6) is -0.366. The highest BCUT2D eigenvalue weighted by atomic mass is 16.5. The third kappa shape index (κ3) is 4.15. The molecule has 26 heavy (non-hydrogen) atoms. The topological polar surface area (TPSA) is 93.6 Å². The number of esters is 1. The average Bonchev–Trinajstić information content (AvgIpc) is 2.69. The maximum absolute atomic E-state index is 12.5. The standard InChI is InChI=1S/C18H20N4O4/c1-2-26-17(24)13-5-3-4-6-14(13)20-18-19-8-7-15(21-18)16(23)22-9-11-25-12-10-22/h3-8H,2,9-12H2,1H3,(H,19,20,21). The summed E-state index contributed by atoms with van der Waals surface area (Å²) in [6.45, 7) is 4.16. The predicted octanol–water partition coefficient (Wildman–Crippen LogP) is 1.87. The van der Waals surface area contributed by atoms with Crippen LogP contribution in [0.1, 0.15) is 27.8 Å². The predicted molar refractivity (Wildman–Crippen MR) is 94.4 cm³/mol. The van der Waals surface area contributed by atoms with Gasteiger partial charge in [-0.15, -0.1) is 0 Å². The van der Waals surface area contributed by atoms with Gasteiger partial charge in [-0.1, -0.05) is 12.1 Å². The molecule has 1 fully saturated rings. The van der Waals surface area contributed by atoms with Gasteiger partial charge in [-0.25, -0.2) is 14.8 Å². The van der Waals surface area contributed by atoms with Gasteiger partial charge in [0.25, 0.3) is 5.91 Å². The van der Waals surface area contributed by atoms with E-state index in [0.717, 1.165) is 0 Å². The van der Waals surface area contributed by atoms with E-state index < -0.39 is 5.97 Å². The molecule has 0 radical (unpaired) electrons. The molecule has 1 aliphatic heterocycles. The lowest BCUT2D eigenvalue weighted by molar-refractivity contribution is 0.0299. The number of hydrogen-bond acceptors (Lipinski definition) is 7. The van der Waals surface area contributed by atoms with Crippen molar-refractivity contribution in [3.05, 3.63) is 47.8 Å². The van der Waals surface area contributed by atoms with E-state index in [1.165, 1.54) is 6.20 Å². The smallest absolute Gasteiger partial charge is 0.340 e. The van der Waals surface area contributed by atoms with E-state index in [9.17, 15) is 9.59 Å². The summed E-state index contributed by atoms with van der Waals surface area (Å²) < 4.78 is 10.3. The summed E-state index contributed by atoms with van der Waals surface area (Å²) >= 11 is 0. The van der Waals surface area contributed by atoms with Gasteiger partial charge >= 0.3 is 5.97 Å². The molecule has 0 unspecified atom stereocenters. The van der Waals surface area contributed by atoms with Crippen LogP contribution in [0.15, 0.2) is 36.5 Å². The van der Waals surface area contributed by atoms with Gasteiger partial charge in [-0.05, 0) is 25.1 Å². The maximum atomic E-state index is 12.5. The highest BCUT2D eigenvalue weighted by molar-refractivity contribution is 5.96. The first-order chi connectivity index (χ1) is 12.7. The van der Waals surface area contributed by atoms with E-state index >= 15 is 0 Å². The van der Waals surface area contributed by atoms with Crippen molar-refractivity contribution in [3.63, 3.8) is 0 Å². The third-order valence-corrected chi connectivity index (χ3v) is 3.84. The number of nitrogens with zero attached hydrogens (tertiary/aromatic N) is 3. The molecule has 136 valence electrons. The lowest BCUT2D eigenvalue weighted by Crippen LogP contribution is -2.41. The molecule has 0 spiro atoms. The summed E-state index contributed by atoms with van der Waals surface area (Å²) in [4.78, 5) is 34.7. The van der Waals surface area contributed by atoms with Gasteiger partial charge in [0.05, 0.1) is 31.1 Å². The number of anilines is 2. The van der Waals surface area contributed by atoms with E-state index in [2.05, 4.69) is 15.3 Å². The fraction of sp³-hybridized carbons (Fsp3) is 0.333. The van der Waals surface area contributed by atoms with Crippen LogP contribution in [-0.2, 0) is 9.47 Å². The minimum atomic E-state index is -0.434. The molecule has 0 aliphatic carbocycles. The summed E-state index contributed by atoms with van der Waals surface area (Å²) in [7, 11) is 0. The number of amides is 1. The summed E-state index contributed by atoms with van der Waals surface area (Å²) in [6.07, 6.45) is 1.51. The zero-order valence-corrected chi connectivity index (χ0v) is 14.5. The summed E-state index contributed by atoms with van der Waals surface area (Å²) in [6, 6.07) is 8.49. The van der Waals surface area contributed by atoms with Crippen LogP contribution in [0.2, 0.25) is 0 Å². The summed E-state index contributed by atoms with van der Waals surface area (Å²) in [5, 5.41) is 2.99. The first-order valence-corrected chi connectivity index (χ1v) is 8.42. The highest BCUT2D eigenvalue weighted by Gasteiger charge is 2.20. The van der Waals surface area contributed by atoms with Crippen molar-refractivity contribution in [2.75, 3.05) is 38.2 Å². The number of hydrogen-bond donors (Lipinski definition) is 1. The molecule has 1 aliphatic rings. The van der Waals surface area contributed by atoms with Crippen molar-refractivity contribution in [3.8, 4) is 0 Å². The van der Waals surface area contributed by atoms with Crippen LogP contribution in [0.3, 0.4) is 0 Å². The number of para-hydroxylation sites is 1. The Kier molecular flexibility index (Phi) is 5.75. The summed E-state index contributed by atoms with van der Waals surface area (Å²) in [5.41, 5.74) is 1.18. The zero-order chi connectivity index (χ0) is 18.4. The normalized spacial score (nSPS) is 14.0. The quantitative estimate of drug-likeness (QED) is 0.817. The number of rotatable bonds is 5. The van der Waals surface area contributed by atoms with Crippen molar-refractivity contribution in [1.29, 1.82) is 0 Å². The Hall–Kier alpha value is -3.00. The molecule has 1 amide bonds. The first kappa shape index (κ1) is 17.8. The Balaban J connectivity index is 1.79. The van der Waals surface area contributed by atoms with E-state index in [-0.39, 0.29) is 24.2 Å². The fourth-order valence-electron chi connectivity index (χ4n) is 2.57. The monoisotopic (exact) mass is 356 g/mol. The van der Waals surface area contributed by atoms with Crippen LogP contribution in [0, 0.1) is 0 Å². The highest BCUT2D eigenvalue weighted by Crippen LogP contribution is 2.20. The number of morpholine rings is 1. The van der Waals surface area contributed by atoms with Gasteiger partial charge < -0.3 is 19.7 Å². The van der Waals surface area contributed by atoms with Gasteiger partial charge in [-0.3, -0.25) is 4.79 Å². The number of nitrogens with one attached hydrogen (secondary N) is 1. The Morgan fingerprint density at radius 1 is 1.23 bits per heavy atom. The van der Waals surface area contributed by atoms with Gasteiger partial charge in [0, 0.05) is 19.3 Å². The third-order valence-electron chi connectivity index (χ3n) is 3.84. The molecule has 8 nitrogen and oxygen atoms in total. The van der Waals surface area contributed by atoms with Gasteiger partial charge in [0.2, 0.25) is 5.95 Å². The number of ether oxygens (including phenoxy) is 2. The molecule has 2 heterocycles. The van der Waals surface area contributed by atoms with Crippen LogP contribution in [0.4, 0.5) is 11.6 Å². The fourth-order valence-corrected chi connectivity index (χ4v) is 2.57. The van der Waals surface area contributed by atoms with Crippen molar-refractivity contribution < 1.29 is 19.1 Å². The Labute approximate surface area is 151 Å². The molecular weight excluding hydrogens is 336 g/mol. The number of carbonyl (C=O) groups excluding carboxylic acids is 2. The van der Waals surface area contributed by atoms with Crippen LogP contribution in [0.25, 0.3) is 0 Å². The molecule has 8 heteroatoms. The van der Waals surface area contributed by atoms with E-state index in [0.29, 0.717) is 37.6 Å². The second kappa shape index (κ2) is 8.39. The second-order valence-corrected chi connectivity index (χ2v) is 5.56. The molecule has 2 aromatic rings. The van der Waals surface area contributed by atoms with Crippen LogP contribution in [0.5, 0.6) is 0 Å². The molecular formula is C18H20N4O4. The minimum Gasteiger partial charge on any atom is -0.462 e. The van der Waals surface area contributed by atoms with Gasteiger partial charge in [-0.2, -0.15) is 0 Å².